The second kappa shape index (κ2) is 6.65. The van der Waals surface area contributed by atoms with Crippen LogP contribution in [0.3, 0.4) is 0 Å². The van der Waals surface area contributed by atoms with Gasteiger partial charge in [0.2, 0.25) is 6.54 Å². The highest BCUT2D eigenvalue weighted by Crippen LogP contribution is 2.22. The third kappa shape index (κ3) is 4.14. The van der Waals surface area contributed by atoms with Gasteiger partial charge in [0.25, 0.3) is 0 Å². The highest BCUT2D eigenvalue weighted by Gasteiger charge is 2.22. The summed E-state index contributed by atoms with van der Waals surface area (Å²) in [6, 6.07) is 14.9. The normalized spacial score (nSPS) is 11.8. The molecule has 21 heavy (non-hydrogen) atoms. The summed E-state index contributed by atoms with van der Waals surface area (Å²) in [7, 11) is 0. The van der Waals surface area contributed by atoms with Crippen molar-refractivity contribution in [2.45, 2.75) is 12.3 Å². The molecule has 0 aromatic heterocycles. The van der Waals surface area contributed by atoms with Crippen molar-refractivity contribution in [1.82, 2.24) is 0 Å². The Kier molecular flexibility index (Phi) is 4.66. The molecule has 2 aromatic carbocycles. The maximum atomic E-state index is 12.2. The highest BCUT2D eigenvalue weighted by molar-refractivity contribution is 5.96. The fraction of sp³-hybridized carbons (Fsp3) is 0.188. The van der Waals surface area contributed by atoms with Gasteiger partial charge in [-0.3, -0.25) is 14.9 Å². The molecule has 5 nitrogen and oxygen atoms in total. The largest absolute Gasteiger partial charge is 0.508 e. The third-order valence-corrected chi connectivity index (χ3v) is 3.26. The Bertz CT molecular complexity index is 622. The summed E-state index contributed by atoms with van der Waals surface area (Å²) in [6.45, 7) is -0.284. The number of Topliss-reactive ketones (excluding diaryl/α,β-unsaturated/α-hetero) is 1. The van der Waals surface area contributed by atoms with Gasteiger partial charge in [-0.2, -0.15) is 0 Å². The van der Waals surface area contributed by atoms with Crippen molar-refractivity contribution in [1.29, 1.82) is 0 Å². The molecular weight excluding hydrogens is 270 g/mol. The van der Waals surface area contributed by atoms with Crippen molar-refractivity contribution in [3.8, 4) is 5.75 Å². The lowest BCUT2D eigenvalue weighted by molar-refractivity contribution is -0.483. The summed E-state index contributed by atoms with van der Waals surface area (Å²) >= 11 is 0. The van der Waals surface area contributed by atoms with E-state index in [4.69, 9.17) is 0 Å². The van der Waals surface area contributed by atoms with Crippen LogP contribution in [0.15, 0.2) is 54.6 Å². The van der Waals surface area contributed by atoms with Gasteiger partial charge in [-0.25, -0.2) is 0 Å². The molecule has 0 aliphatic carbocycles. The molecule has 1 N–H and O–H groups in total. The fourth-order valence-corrected chi connectivity index (χ4v) is 2.18. The van der Waals surface area contributed by atoms with Gasteiger partial charge in [-0.1, -0.05) is 30.3 Å². The first kappa shape index (κ1) is 14.7. The predicted molar refractivity (Wildman–Crippen MR) is 78.1 cm³/mol. The van der Waals surface area contributed by atoms with Crippen LogP contribution in [-0.2, 0) is 0 Å². The van der Waals surface area contributed by atoms with Crippen molar-refractivity contribution >= 4 is 5.78 Å². The van der Waals surface area contributed by atoms with Gasteiger partial charge in [0, 0.05) is 16.9 Å². The SMILES string of the molecule is O=C(C[C@@H](C[N+](=O)[O-])c1ccccc1)c1ccc(O)cc1. The van der Waals surface area contributed by atoms with E-state index >= 15 is 0 Å². The van der Waals surface area contributed by atoms with Crippen molar-refractivity contribution in [2.75, 3.05) is 6.54 Å². The van der Waals surface area contributed by atoms with Gasteiger partial charge in [0.1, 0.15) is 5.75 Å². The molecule has 0 aliphatic heterocycles. The number of carbonyl (C=O) groups excluding carboxylic acids is 1. The lowest BCUT2D eigenvalue weighted by Crippen LogP contribution is -2.16. The van der Waals surface area contributed by atoms with E-state index < -0.39 is 10.8 Å². The lowest BCUT2D eigenvalue weighted by atomic mass is 9.91. The molecule has 1 atom stereocenters. The number of rotatable bonds is 6. The second-order valence-electron chi connectivity index (χ2n) is 4.80. The standard InChI is InChI=1S/C16H15NO4/c18-15-8-6-13(7-9-15)16(19)10-14(11-17(20)21)12-4-2-1-3-5-12/h1-9,14,18H,10-11H2/t14-/m0/s1. The molecule has 0 bridgehead atoms. The van der Waals surface area contributed by atoms with Crippen molar-refractivity contribution in [2.24, 2.45) is 0 Å². The van der Waals surface area contributed by atoms with Crippen LogP contribution in [0.2, 0.25) is 0 Å². The quantitative estimate of drug-likeness (QED) is 0.502. The molecule has 0 radical (unpaired) electrons. The Labute approximate surface area is 122 Å². The minimum atomic E-state index is -0.456. The van der Waals surface area contributed by atoms with Gasteiger partial charge in [0.15, 0.2) is 5.78 Å². The Morgan fingerprint density at radius 2 is 1.71 bits per heavy atom. The third-order valence-electron chi connectivity index (χ3n) is 3.26. The second-order valence-corrected chi connectivity index (χ2v) is 4.80. The molecule has 5 heteroatoms. The molecule has 2 rings (SSSR count). The van der Waals surface area contributed by atoms with Gasteiger partial charge in [-0.15, -0.1) is 0 Å². The number of phenolic OH excluding ortho intramolecular Hbond substituents is 1. The van der Waals surface area contributed by atoms with E-state index in [9.17, 15) is 20.0 Å². The van der Waals surface area contributed by atoms with Crippen LogP contribution in [0.25, 0.3) is 0 Å². The van der Waals surface area contributed by atoms with Gasteiger partial charge >= 0.3 is 0 Å². The Morgan fingerprint density at radius 1 is 1.10 bits per heavy atom. The van der Waals surface area contributed by atoms with Crippen molar-refractivity contribution in [3.63, 3.8) is 0 Å². The van der Waals surface area contributed by atoms with E-state index in [-0.39, 0.29) is 24.5 Å². The van der Waals surface area contributed by atoms with Crippen molar-refractivity contribution < 1.29 is 14.8 Å². The number of nitrogens with zero attached hydrogens (tertiary/aromatic N) is 1. The summed E-state index contributed by atoms with van der Waals surface area (Å²) in [5.41, 5.74) is 1.22. The average molecular weight is 285 g/mol. The lowest BCUT2D eigenvalue weighted by Gasteiger charge is -2.12. The number of phenols is 1. The number of nitro groups is 1. The average Bonchev–Trinajstić information content (AvgIpc) is 2.47. The van der Waals surface area contributed by atoms with E-state index in [0.29, 0.717) is 5.56 Å². The molecule has 0 heterocycles. The number of aromatic hydroxyl groups is 1. The summed E-state index contributed by atoms with van der Waals surface area (Å²) in [6.07, 6.45) is 0.0652. The smallest absolute Gasteiger partial charge is 0.211 e. The highest BCUT2D eigenvalue weighted by atomic mass is 16.6. The molecule has 0 fully saturated rings. The first-order valence-corrected chi connectivity index (χ1v) is 6.55. The van der Waals surface area contributed by atoms with Crippen LogP contribution < -0.4 is 0 Å². The Balaban J connectivity index is 2.17. The zero-order valence-corrected chi connectivity index (χ0v) is 11.3. The van der Waals surface area contributed by atoms with Crippen molar-refractivity contribution in [3.05, 3.63) is 75.8 Å². The molecule has 2 aromatic rings. The zero-order chi connectivity index (χ0) is 15.2. The van der Waals surface area contributed by atoms with Crippen LogP contribution in [-0.4, -0.2) is 22.4 Å². The van der Waals surface area contributed by atoms with Crippen LogP contribution in [0, 0.1) is 10.1 Å². The van der Waals surface area contributed by atoms with E-state index in [2.05, 4.69) is 0 Å². The van der Waals surface area contributed by atoms with E-state index in [0.717, 1.165) is 5.56 Å². The molecule has 0 spiro atoms. The van der Waals surface area contributed by atoms with Crippen LogP contribution in [0.5, 0.6) is 5.75 Å². The summed E-state index contributed by atoms with van der Waals surface area (Å²) in [5.74, 6) is -0.551. The van der Waals surface area contributed by atoms with Gasteiger partial charge in [-0.05, 0) is 29.8 Å². The van der Waals surface area contributed by atoms with Crippen LogP contribution in [0.4, 0.5) is 0 Å². The molecular formula is C16H15NO4. The van der Waals surface area contributed by atoms with Crippen LogP contribution in [0.1, 0.15) is 28.3 Å². The monoisotopic (exact) mass is 285 g/mol. The number of benzene rings is 2. The number of carbonyl (C=O) groups is 1. The summed E-state index contributed by atoms with van der Waals surface area (Å²) in [4.78, 5) is 22.6. The maximum absolute atomic E-state index is 12.2. The number of hydrogen-bond donors (Lipinski definition) is 1. The fourth-order valence-electron chi connectivity index (χ4n) is 2.18. The molecule has 108 valence electrons. The Morgan fingerprint density at radius 3 is 2.29 bits per heavy atom. The Hall–Kier alpha value is -2.69. The minimum absolute atomic E-state index is 0.0652. The van der Waals surface area contributed by atoms with E-state index in [1.165, 1.54) is 24.3 Å². The van der Waals surface area contributed by atoms with Crippen LogP contribution >= 0.6 is 0 Å². The summed E-state index contributed by atoms with van der Waals surface area (Å²) < 4.78 is 0. The van der Waals surface area contributed by atoms with E-state index in [1.807, 2.05) is 6.07 Å². The topological polar surface area (TPSA) is 80.4 Å². The zero-order valence-electron chi connectivity index (χ0n) is 11.3. The molecule has 0 aliphatic rings. The molecule has 0 amide bonds. The van der Waals surface area contributed by atoms with Gasteiger partial charge in [0.05, 0.1) is 5.92 Å². The first-order chi connectivity index (χ1) is 10.1. The predicted octanol–water partition coefficient (Wildman–Crippen LogP) is 3.03. The van der Waals surface area contributed by atoms with Gasteiger partial charge < -0.3 is 5.11 Å². The maximum Gasteiger partial charge on any atom is 0.211 e. The molecule has 0 saturated heterocycles. The number of ketones is 1. The molecule has 0 unspecified atom stereocenters. The number of hydrogen-bond acceptors (Lipinski definition) is 4. The first-order valence-electron chi connectivity index (χ1n) is 6.55. The minimum Gasteiger partial charge on any atom is -0.508 e. The molecule has 0 saturated carbocycles. The van der Waals surface area contributed by atoms with E-state index in [1.54, 1.807) is 24.3 Å². The summed E-state index contributed by atoms with van der Waals surface area (Å²) in [5, 5.41) is 20.0.